The van der Waals surface area contributed by atoms with Crippen LogP contribution in [0.2, 0.25) is 5.02 Å². The van der Waals surface area contributed by atoms with Gasteiger partial charge in [-0.1, -0.05) is 39.7 Å². The van der Waals surface area contributed by atoms with Crippen molar-refractivity contribution in [2.75, 3.05) is 18.6 Å². The van der Waals surface area contributed by atoms with Crippen LogP contribution < -0.4 is 14.4 Å². The van der Waals surface area contributed by atoms with Crippen LogP contribution in [0.25, 0.3) is 5.76 Å². The summed E-state index contributed by atoms with van der Waals surface area (Å²) in [4.78, 5) is 28.0. The van der Waals surface area contributed by atoms with E-state index in [0.29, 0.717) is 39.9 Å². The molecule has 0 radical (unpaired) electrons. The van der Waals surface area contributed by atoms with Gasteiger partial charge in [0.2, 0.25) is 0 Å². The molecule has 3 aromatic carbocycles. The van der Waals surface area contributed by atoms with Crippen LogP contribution >= 0.6 is 27.5 Å². The first-order valence-corrected chi connectivity index (χ1v) is 12.1. The molecular formula is C27H23BrClNO5. The van der Waals surface area contributed by atoms with Crippen molar-refractivity contribution in [1.82, 2.24) is 0 Å². The van der Waals surface area contributed by atoms with Gasteiger partial charge in [-0.3, -0.25) is 14.5 Å². The number of hydrogen-bond donors (Lipinski definition) is 1. The maximum atomic E-state index is 13.3. The lowest BCUT2D eigenvalue weighted by Gasteiger charge is -2.26. The lowest BCUT2D eigenvalue weighted by atomic mass is 9.94. The first-order valence-electron chi connectivity index (χ1n) is 10.9. The maximum Gasteiger partial charge on any atom is 0.300 e. The molecule has 3 aromatic rings. The van der Waals surface area contributed by atoms with Crippen molar-refractivity contribution in [3.05, 3.63) is 92.4 Å². The minimum atomic E-state index is -0.898. The fourth-order valence-electron chi connectivity index (χ4n) is 4.10. The molecule has 0 bridgehead atoms. The molecule has 1 saturated heterocycles. The highest BCUT2D eigenvalue weighted by Crippen LogP contribution is 2.44. The van der Waals surface area contributed by atoms with E-state index in [1.165, 1.54) is 12.0 Å². The highest BCUT2D eigenvalue weighted by Gasteiger charge is 2.47. The highest BCUT2D eigenvalue weighted by molar-refractivity contribution is 9.10. The Hall–Kier alpha value is -3.29. The highest BCUT2D eigenvalue weighted by atomic mass is 79.9. The van der Waals surface area contributed by atoms with E-state index in [0.717, 1.165) is 10.0 Å². The van der Waals surface area contributed by atoms with Crippen molar-refractivity contribution in [2.45, 2.75) is 19.9 Å². The van der Waals surface area contributed by atoms with Gasteiger partial charge in [-0.05, 0) is 73.5 Å². The average molecular weight is 557 g/mol. The Morgan fingerprint density at radius 1 is 1.06 bits per heavy atom. The zero-order valence-electron chi connectivity index (χ0n) is 19.3. The number of aliphatic hydroxyl groups excluding tert-OH is 1. The summed E-state index contributed by atoms with van der Waals surface area (Å²) in [5.41, 5.74) is 2.35. The van der Waals surface area contributed by atoms with Gasteiger partial charge in [0, 0.05) is 20.7 Å². The number of carbonyl (C=O) groups excluding carboxylic acids is 2. The molecule has 4 rings (SSSR count). The second kappa shape index (κ2) is 10.1. The Balaban J connectivity index is 1.96. The molecule has 35 heavy (non-hydrogen) atoms. The van der Waals surface area contributed by atoms with E-state index in [2.05, 4.69) is 15.9 Å². The van der Waals surface area contributed by atoms with Gasteiger partial charge in [-0.2, -0.15) is 0 Å². The monoisotopic (exact) mass is 555 g/mol. The molecule has 1 heterocycles. The fraction of sp³-hybridized carbons (Fsp3) is 0.185. The van der Waals surface area contributed by atoms with Gasteiger partial charge < -0.3 is 14.6 Å². The summed E-state index contributed by atoms with van der Waals surface area (Å²) >= 11 is 9.51. The molecule has 1 N–H and O–H groups in total. The molecule has 0 aliphatic carbocycles. The van der Waals surface area contributed by atoms with Crippen LogP contribution in [-0.2, 0) is 9.59 Å². The third-order valence-corrected chi connectivity index (χ3v) is 6.93. The van der Waals surface area contributed by atoms with E-state index in [4.69, 9.17) is 21.1 Å². The van der Waals surface area contributed by atoms with Gasteiger partial charge in [0.25, 0.3) is 11.7 Å². The number of methoxy groups -OCH3 is 1. The summed E-state index contributed by atoms with van der Waals surface area (Å²) in [6, 6.07) is 16.1. The Labute approximate surface area is 216 Å². The van der Waals surface area contributed by atoms with E-state index in [9.17, 15) is 14.7 Å². The predicted octanol–water partition coefficient (Wildman–Crippen LogP) is 6.44. The smallest absolute Gasteiger partial charge is 0.300 e. The van der Waals surface area contributed by atoms with Crippen LogP contribution in [0.3, 0.4) is 0 Å². The second-order valence-corrected chi connectivity index (χ2v) is 9.24. The van der Waals surface area contributed by atoms with Gasteiger partial charge in [0.05, 0.1) is 25.3 Å². The number of ether oxygens (including phenoxy) is 2. The fourth-order valence-corrected chi connectivity index (χ4v) is 4.47. The molecule has 0 aromatic heterocycles. The molecule has 1 unspecified atom stereocenters. The Morgan fingerprint density at radius 2 is 1.77 bits per heavy atom. The van der Waals surface area contributed by atoms with Gasteiger partial charge in [0.15, 0.2) is 11.5 Å². The van der Waals surface area contributed by atoms with Gasteiger partial charge >= 0.3 is 0 Å². The largest absolute Gasteiger partial charge is 0.507 e. The van der Waals surface area contributed by atoms with Gasteiger partial charge in [-0.25, -0.2) is 0 Å². The Bertz CT molecular complexity index is 1340. The first kappa shape index (κ1) is 24.8. The van der Waals surface area contributed by atoms with Crippen molar-refractivity contribution in [1.29, 1.82) is 0 Å². The van der Waals surface area contributed by atoms with Crippen LogP contribution in [0.5, 0.6) is 11.5 Å². The molecule has 1 aliphatic heterocycles. The van der Waals surface area contributed by atoms with E-state index >= 15 is 0 Å². The van der Waals surface area contributed by atoms with E-state index in [-0.39, 0.29) is 11.3 Å². The van der Waals surface area contributed by atoms with Crippen molar-refractivity contribution in [3.63, 3.8) is 0 Å². The summed E-state index contributed by atoms with van der Waals surface area (Å²) < 4.78 is 12.0. The summed E-state index contributed by atoms with van der Waals surface area (Å²) in [6.07, 6.45) is 0. The topological polar surface area (TPSA) is 76.1 Å². The summed E-state index contributed by atoms with van der Waals surface area (Å²) in [5.74, 6) is -0.802. The Morgan fingerprint density at radius 3 is 2.40 bits per heavy atom. The van der Waals surface area contributed by atoms with Gasteiger partial charge in [-0.15, -0.1) is 0 Å². The lowest BCUT2D eigenvalue weighted by Crippen LogP contribution is -2.29. The van der Waals surface area contributed by atoms with E-state index < -0.39 is 17.7 Å². The number of rotatable bonds is 6. The van der Waals surface area contributed by atoms with Crippen molar-refractivity contribution in [3.8, 4) is 11.5 Å². The molecule has 8 heteroatoms. The second-order valence-electron chi connectivity index (χ2n) is 7.95. The third-order valence-electron chi connectivity index (χ3n) is 5.78. The minimum Gasteiger partial charge on any atom is -0.507 e. The summed E-state index contributed by atoms with van der Waals surface area (Å²) in [7, 11) is 1.53. The number of aliphatic hydroxyl groups is 1. The lowest BCUT2D eigenvalue weighted by molar-refractivity contribution is -0.132. The zero-order chi connectivity index (χ0) is 25.3. The molecule has 6 nitrogen and oxygen atoms in total. The molecule has 1 atom stereocenters. The maximum absolute atomic E-state index is 13.3. The van der Waals surface area contributed by atoms with Crippen LogP contribution in [0.1, 0.15) is 29.7 Å². The van der Waals surface area contributed by atoms with Crippen LogP contribution in [0, 0.1) is 6.92 Å². The third kappa shape index (κ3) is 4.66. The number of carbonyl (C=O) groups is 2. The number of aryl methyl sites for hydroxylation is 1. The summed E-state index contributed by atoms with van der Waals surface area (Å²) in [5, 5.41) is 11.8. The van der Waals surface area contributed by atoms with Gasteiger partial charge in [0.1, 0.15) is 5.76 Å². The van der Waals surface area contributed by atoms with E-state index in [1.54, 1.807) is 60.7 Å². The number of ketones is 1. The van der Waals surface area contributed by atoms with Crippen molar-refractivity contribution in [2.24, 2.45) is 0 Å². The molecular weight excluding hydrogens is 534 g/mol. The zero-order valence-corrected chi connectivity index (χ0v) is 21.7. The van der Waals surface area contributed by atoms with Crippen molar-refractivity contribution >= 4 is 50.7 Å². The van der Waals surface area contributed by atoms with E-state index in [1.807, 2.05) is 13.8 Å². The molecule has 0 spiro atoms. The number of anilines is 1. The molecule has 0 saturated carbocycles. The normalized spacial score (nSPS) is 17.1. The number of amides is 1. The molecule has 1 fully saturated rings. The molecule has 180 valence electrons. The van der Waals surface area contributed by atoms with Crippen LogP contribution in [-0.4, -0.2) is 30.5 Å². The SMILES string of the molecule is CCOc1cc(C2/C(=C(/O)c3ccc(Br)c(C)c3)C(=O)C(=O)N2c2ccc(Cl)cc2)ccc1OC. The quantitative estimate of drug-likeness (QED) is 0.215. The Kier molecular flexibility index (Phi) is 7.19. The van der Waals surface area contributed by atoms with Crippen LogP contribution in [0.15, 0.2) is 70.7 Å². The molecule has 1 amide bonds. The average Bonchev–Trinajstić information content (AvgIpc) is 3.11. The number of hydrogen-bond acceptors (Lipinski definition) is 5. The van der Waals surface area contributed by atoms with Crippen LogP contribution in [0.4, 0.5) is 5.69 Å². The predicted molar refractivity (Wildman–Crippen MR) is 139 cm³/mol. The standard InChI is InChI=1S/C27H23BrClNO5/c1-4-35-22-14-16(6-12-21(22)34-3)24-23(25(31)17-5-11-20(28)15(2)13-17)26(32)27(33)30(24)19-9-7-18(29)8-10-19/h5-14,24,31H,4H2,1-3H3/b25-23-. The van der Waals surface area contributed by atoms with Crippen molar-refractivity contribution < 1.29 is 24.2 Å². The minimum absolute atomic E-state index is 0.0145. The number of benzene rings is 3. The first-order chi connectivity index (χ1) is 16.8. The molecule has 1 aliphatic rings. The number of Topliss-reactive ketones (excluding diaryl/α,β-unsaturated/α-hetero) is 1. The number of halogens is 2. The number of nitrogens with zero attached hydrogens (tertiary/aromatic N) is 1. The summed E-state index contributed by atoms with van der Waals surface area (Å²) in [6.45, 7) is 4.12.